The largest absolute Gasteiger partial charge is 0.508 e. The monoisotopic (exact) mass is 388 g/mol. The van der Waals surface area contributed by atoms with Gasteiger partial charge in [-0.15, -0.1) is 0 Å². The van der Waals surface area contributed by atoms with Crippen molar-refractivity contribution in [3.63, 3.8) is 0 Å². The number of hydroxylamine groups is 1. The molecule has 0 aliphatic carbocycles. The van der Waals surface area contributed by atoms with E-state index in [0.717, 1.165) is 24.3 Å². The third kappa shape index (κ3) is 6.50. The number of nitro groups is 1. The van der Waals surface area contributed by atoms with E-state index < -0.39 is 10.8 Å². The van der Waals surface area contributed by atoms with Crippen molar-refractivity contribution in [2.24, 2.45) is 0 Å². The van der Waals surface area contributed by atoms with E-state index in [1.807, 2.05) is 19.9 Å². The van der Waals surface area contributed by atoms with Crippen LogP contribution in [0.5, 0.6) is 5.75 Å². The summed E-state index contributed by atoms with van der Waals surface area (Å²) >= 11 is 0. The molecule has 0 fully saturated rings. The van der Waals surface area contributed by atoms with Crippen molar-refractivity contribution < 1.29 is 24.8 Å². The lowest BCUT2D eigenvalue weighted by molar-refractivity contribution is -0.384. The summed E-state index contributed by atoms with van der Waals surface area (Å²) in [5, 5.41) is 27.1. The molecule has 10 nitrogen and oxygen atoms in total. The molecule has 148 valence electrons. The number of carbonyl (C=O) groups excluding carboxylic acids is 2. The normalized spacial score (nSPS) is 11.6. The molecule has 1 aromatic heterocycles. The number of nitrogens with zero attached hydrogens (tertiary/aromatic N) is 3. The number of likely N-dealkylation sites (N-methyl/N-ethyl adjacent to an activating group) is 1. The predicted octanol–water partition coefficient (Wildman–Crippen LogP) is 1.71. The van der Waals surface area contributed by atoms with Crippen LogP contribution in [0, 0.1) is 10.1 Å². The Morgan fingerprint density at radius 1 is 1.36 bits per heavy atom. The minimum Gasteiger partial charge on any atom is -0.508 e. The molecule has 2 aromatic rings. The first-order chi connectivity index (χ1) is 13.4. The molecule has 3 rings (SSSR count). The number of anilines is 1. The SMILES string of the molecule is C=O.CN1CCc2cc(/C=C/C(=O)NO)cnc21.O=[N+]([O-])c1ccc(O)cc1. The van der Waals surface area contributed by atoms with Gasteiger partial charge in [0.1, 0.15) is 18.4 Å². The topological polar surface area (TPSA) is 146 Å². The molecule has 0 unspecified atom stereocenters. The number of pyridine rings is 1. The summed E-state index contributed by atoms with van der Waals surface area (Å²) in [6.07, 6.45) is 5.58. The lowest BCUT2D eigenvalue weighted by Crippen LogP contribution is -2.14. The van der Waals surface area contributed by atoms with Crippen molar-refractivity contribution in [1.29, 1.82) is 0 Å². The van der Waals surface area contributed by atoms with Gasteiger partial charge in [0.05, 0.1) is 4.92 Å². The van der Waals surface area contributed by atoms with Gasteiger partial charge in [-0.25, -0.2) is 10.5 Å². The fraction of sp³-hybridized carbons (Fsp3) is 0.167. The lowest BCUT2D eigenvalue weighted by Gasteiger charge is -2.09. The minimum atomic E-state index is -0.544. The van der Waals surface area contributed by atoms with E-state index in [2.05, 4.69) is 9.88 Å². The third-order valence-corrected chi connectivity index (χ3v) is 3.64. The van der Waals surface area contributed by atoms with Crippen LogP contribution in [0.2, 0.25) is 0 Å². The Labute approximate surface area is 160 Å². The number of fused-ring (bicyclic) bond motifs is 1. The van der Waals surface area contributed by atoms with Crippen LogP contribution in [-0.2, 0) is 16.0 Å². The number of amides is 1. The second-order valence-corrected chi connectivity index (χ2v) is 5.51. The number of phenols is 1. The second-order valence-electron chi connectivity index (χ2n) is 5.51. The Kier molecular flexibility index (Phi) is 8.77. The van der Waals surface area contributed by atoms with Crippen LogP contribution >= 0.6 is 0 Å². The van der Waals surface area contributed by atoms with Gasteiger partial charge in [0, 0.05) is 38.0 Å². The zero-order valence-electron chi connectivity index (χ0n) is 15.1. The summed E-state index contributed by atoms with van der Waals surface area (Å²) < 4.78 is 0. The Morgan fingerprint density at radius 2 is 2.00 bits per heavy atom. The molecular weight excluding hydrogens is 368 g/mol. The average Bonchev–Trinajstić information content (AvgIpc) is 3.08. The Balaban J connectivity index is 0.000000281. The van der Waals surface area contributed by atoms with Gasteiger partial charge in [-0.1, -0.05) is 0 Å². The molecule has 1 aliphatic rings. The van der Waals surface area contributed by atoms with Crippen LogP contribution in [0.15, 0.2) is 42.6 Å². The van der Waals surface area contributed by atoms with E-state index in [-0.39, 0.29) is 11.4 Å². The number of aromatic hydroxyl groups is 1. The first-order valence-corrected chi connectivity index (χ1v) is 7.95. The van der Waals surface area contributed by atoms with Gasteiger partial charge < -0.3 is 14.8 Å². The molecule has 1 aromatic carbocycles. The Hall–Kier alpha value is -3.79. The van der Waals surface area contributed by atoms with Gasteiger partial charge in [0.25, 0.3) is 11.6 Å². The molecule has 1 amide bonds. The maximum absolute atomic E-state index is 10.8. The van der Waals surface area contributed by atoms with Gasteiger partial charge in [0.15, 0.2) is 0 Å². The first-order valence-electron chi connectivity index (χ1n) is 7.95. The van der Waals surface area contributed by atoms with Crippen LogP contribution < -0.4 is 10.4 Å². The van der Waals surface area contributed by atoms with E-state index in [1.54, 1.807) is 17.8 Å². The lowest BCUT2D eigenvalue weighted by atomic mass is 10.1. The minimum absolute atomic E-state index is 0.0159. The molecule has 2 heterocycles. The molecule has 3 N–H and O–H groups in total. The smallest absolute Gasteiger partial charge is 0.269 e. The molecule has 0 saturated carbocycles. The fourth-order valence-electron chi connectivity index (χ4n) is 2.32. The Morgan fingerprint density at radius 3 is 2.57 bits per heavy atom. The highest BCUT2D eigenvalue weighted by Crippen LogP contribution is 2.24. The number of rotatable bonds is 3. The molecule has 0 saturated heterocycles. The summed E-state index contributed by atoms with van der Waals surface area (Å²) in [4.78, 5) is 34.7. The summed E-state index contributed by atoms with van der Waals surface area (Å²) in [7, 11) is 2.01. The number of nitrogens with one attached hydrogen (secondary N) is 1. The number of hydrogen-bond donors (Lipinski definition) is 3. The highest BCUT2D eigenvalue weighted by molar-refractivity contribution is 5.90. The quantitative estimate of drug-likeness (QED) is 0.312. The summed E-state index contributed by atoms with van der Waals surface area (Å²) in [5.74, 6) is 0.493. The van der Waals surface area contributed by atoms with Gasteiger partial charge >= 0.3 is 0 Å². The maximum Gasteiger partial charge on any atom is 0.269 e. The van der Waals surface area contributed by atoms with E-state index in [1.165, 1.54) is 35.9 Å². The number of non-ortho nitro benzene ring substituents is 1. The van der Waals surface area contributed by atoms with E-state index in [0.29, 0.717) is 0 Å². The number of phenolic OH excluding ortho intramolecular Hbond substituents is 1. The third-order valence-electron chi connectivity index (χ3n) is 3.64. The standard InChI is InChI=1S/C11H13N3O2.C6H5NO3.CH2O/c1-14-5-4-9-6-8(7-12-11(9)14)2-3-10(15)13-16;8-6-3-1-5(2-4-6)7(9)10;1-2/h2-3,6-7,16H,4-5H2,1H3,(H,13,15);1-4,8H;1H2/b3-2+;;. The van der Waals surface area contributed by atoms with Crippen LogP contribution in [0.25, 0.3) is 6.08 Å². The average molecular weight is 388 g/mol. The van der Waals surface area contributed by atoms with E-state index >= 15 is 0 Å². The van der Waals surface area contributed by atoms with E-state index in [4.69, 9.17) is 15.1 Å². The van der Waals surface area contributed by atoms with Crippen molar-refractivity contribution in [2.75, 3.05) is 18.5 Å². The van der Waals surface area contributed by atoms with Crippen molar-refractivity contribution in [3.8, 4) is 5.75 Å². The van der Waals surface area contributed by atoms with Gasteiger partial charge in [-0.3, -0.25) is 20.1 Å². The number of aromatic nitrogens is 1. The van der Waals surface area contributed by atoms with E-state index in [9.17, 15) is 14.9 Å². The zero-order chi connectivity index (χ0) is 21.1. The molecule has 10 heteroatoms. The second kappa shape index (κ2) is 11.0. The molecule has 0 bridgehead atoms. The molecule has 1 aliphatic heterocycles. The first kappa shape index (κ1) is 22.3. The van der Waals surface area contributed by atoms with Crippen LogP contribution in [-0.4, -0.2) is 46.5 Å². The predicted molar refractivity (Wildman–Crippen MR) is 102 cm³/mol. The molecule has 0 radical (unpaired) electrons. The molecule has 28 heavy (non-hydrogen) atoms. The number of benzene rings is 1. The summed E-state index contributed by atoms with van der Waals surface area (Å²) in [6.45, 7) is 2.98. The summed E-state index contributed by atoms with van der Waals surface area (Å²) in [5.41, 5.74) is 3.57. The molecule has 0 atom stereocenters. The Bertz CT molecular complexity index is 838. The van der Waals surface area contributed by atoms with Crippen LogP contribution in [0.3, 0.4) is 0 Å². The summed E-state index contributed by atoms with van der Waals surface area (Å²) in [6, 6.07) is 7.05. The van der Waals surface area contributed by atoms with Gasteiger partial charge in [-0.2, -0.15) is 0 Å². The highest BCUT2D eigenvalue weighted by Gasteiger charge is 2.16. The van der Waals surface area contributed by atoms with Gasteiger partial charge in [0.2, 0.25) is 0 Å². The van der Waals surface area contributed by atoms with Crippen molar-refractivity contribution >= 4 is 30.3 Å². The fourth-order valence-corrected chi connectivity index (χ4v) is 2.32. The number of carbonyl (C=O) groups is 2. The number of nitro benzene ring substituents is 1. The van der Waals surface area contributed by atoms with Crippen molar-refractivity contribution in [1.82, 2.24) is 10.5 Å². The molecule has 0 spiro atoms. The maximum atomic E-state index is 10.8. The number of hydrogen-bond acceptors (Lipinski definition) is 8. The zero-order valence-corrected chi connectivity index (χ0v) is 15.1. The van der Waals surface area contributed by atoms with Crippen LogP contribution in [0.4, 0.5) is 11.5 Å². The van der Waals surface area contributed by atoms with Gasteiger partial charge in [-0.05, 0) is 41.8 Å². The van der Waals surface area contributed by atoms with Crippen molar-refractivity contribution in [2.45, 2.75) is 6.42 Å². The molecular formula is C18H20N4O6. The van der Waals surface area contributed by atoms with Crippen molar-refractivity contribution in [3.05, 3.63) is 63.8 Å². The van der Waals surface area contributed by atoms with Crippen LogP contribution in [0.1, 0.15) is 11.1 Å². The highest BCUT2D eigenvalue weighted by atomic mass is 16.6.